The number of aryl methyl sites for hydroxylation is 1. The van der Waals surface area contributed by atoms with Crippen molar-refractivity contribution in [1.29, 1.82) is 0 Å². The van der Waals surface area contributed by atoms with Gasteiger partial charge in [0.2, 0.25) is 0 Å². The fourth-order valence-corrected chi connectivity index (χ4v) is 4.87. The Labute approximate surface area is 209 Å². The van der Waals surface area contributed by atoms with Gasteiger partial charge in [-0.1, -0.05) is 36.2 Å². The van der Waals surface area contributed by atoms with Crippen molar-refractivity contribution in [3.8, 4) is 11.4 Å². The molecule has 3 heterocycles. The van der Waals surface area contributed by atoms with Gasteiger partial charge in [0.05, 0.1) is 22.9 Å². The predicted octanol–water partition coefficient (Wildman–Crippen LogP) is 4.90. The van der Waals surface area contributed by atoms with Crippen LogP contribution in [0.2, 0.25) is 10.0 Å². The average molecular weight is 502 g/mol. The van der Waals surface area contributed by atoms with E-state index in [1.807, 2.05) is 39.0 Å². The first kappa shape index (κ1) is 24.5. The maximum Gasteiger partial charge on any atom is 0.277 e. The number of nitrogens with one attached hydrogen (secondary N) is 1. The Kier molecular flexibility index (Phi) is 7.76. The highest BCUT2D eigenvalue weighted by Gasteiger charge is 2.35. The summed E-state index contributed by atoms with van der Waals surface area (Å²) in [6, 6.07) is 11.0. The third kappa shape index (κ3) is 4.92. The molecule has 1 aliphatic heterocycles. The summed E-state index contributed by atoms with van der Waals surface area (Å²) in [4.78, 5) is 25.2. The lowest BCUT2D eigenvalue weighted by atomic mass is 10.1. The van der Waals surface area contributed by atoms with E-state index in [1.54, 1.807) is 29.0 Å². The van der Waals surface area contributed by atoms with Gasteiger partial charge in [0, 0.05) is 43.0 Å². The maximum atomic E-state index is 13.7. The number of hydrogen-bond donors (Lipinski definition) is 1. The van der Waals surface area contributed by atoms with Crippen LogP contribution in [0.5, 0.6) is 0 Å². The number of rotatable bonds is 8. The van der Waals surface area contributed by atoms with Crippen molar-refractivity contribution in [2.75, 3.05) is 29.9 Å². The summed E-state index contributed by atoms with van der Waals surface area (Å²) in [6.45, 7) is 8.30. The first-order valence-corrected chi connectivity index (χ1v) is 12.4. The molecule has 2 atom stereocenters. The minimum absolute atomic E-state index is 0.0861. The third-order valence-corrected chi connectivity index (χ3v) is 6.57. The van der Waals surface area contributed by atoms with Crippen LogP contribution < -0.4 is 15.8 Å². The van der Waals surface area contributed by atoms with Crippen LogP contribution >= 0.6 is 23.2 Å². The van der Waals surface area contributed by atoms with Crippen molar-refractivity contribution in [3.63, 3.8) is 0 Å². The van der Waals surface area contributed by atoms with Gasteiger partial charge in [-0.3, -0.25) is 9.36 Å². The molecular formula is C25H29Cl2N5O2. The Balaban J connectivity index is 1.72. The molecule has 1 saturated heterocycles. The summed E-state index contributed by atoms with van der Waals surface area (Å²) in [7, 11) is 0. The third-order valence-electron chi connectivity index (χ3n) is 6.02. The molecule has 1 fully saturated rings. The summed E-state index contributed by atoms with van der Waals surface area (Å²) < 4.78 is 7.69. The van der Waals surface area contributed by atoms with Gasteiger partial charge in [-0.15, -0.1) is 0 Å². The van der Waals surface area contributed by atoms with E-state index in [-0.39, 0.29) is 17.7 Å². The smallest absolute Gasteiger partial charge is 0.277 e. The monoisotopic (exact) mass is 501 g/mol. The molecule has 1 aromatic carbocycles. The number of pyridine rings is 1. The van der Waals surface area contributed by atoms with Gasteiger partial charge in [-0.05, 0) is 50.6 Å². The fourth-order valence-electron chi connectivity index (χ4n) is 4.38. The summed E-state index contributed by atoms with van der Waals surface area (Å²) in [5.41, 5.74) is 1.76. The normalized spacial score (nSPS) is 17.9. The van der Waals surface area contributed by atoms with Gasteiger partial charge in [0.25, 0.3) is 5.56 Å². The number of aromatic nitrogens is 3. The zero-order valence-corrected chi connectivity index (χ0v) is 21.1. The van der Waals surface area contributed by atoms with E-state index in [4.69, 9.17) is 32.9 Å². The molecule has 1 N–H and O–H groups in total. The summed E-state index contributed by atoms with van der Waals surface area (Å²) in [5, 5.41) is 4.49. The van der Waals surface area contributed by atoms with Crippen LogP contribution in [0.15, 0.2) is 47.4 Å². The van der Waals surface area contributed by atoms with E-state index in [0.29, 0.717) is 65.5 Å². The van der Waals surface area contributed by atoms with Crippen molar-refractivity contribution in [1.82, 2.24) is 14.5 Å². The van der Waals surface area contributed by atoms with Gasteiger partial charge in [0.1, 0.15) is 17.3 Å². The molecule has 0 unspecified atom stereocenters. The van der Waals surface area contributed by atoms with E-state index in [9.17, 15) is 4.79 Å². The topological polar surface area (TPSA) is 72.3 Å². The van der Waals surface area contributed by atoms with E-state index in [1.165, 1.54) is 0 Å². The Morgan fingerprint density at radius 1 is 1.15 bits per heavy atom. The molecular weight excluding hydrogens is 473 g/mol. The van der Waals surface area contributed by atoms with Crippen LogP contribution in [0, 0.1) is 0 Å². The summed E-state index contributed by atoms with van der Waals surface area (Å²) in [5.74, 6) is 1.43. The molecule has 180 valence electrons. The molecule has 0 radical (unpaired) electrons. The molecule has 0 bridgehead atoms. The number of nitrogens with zero attached hydrogens (tertiary/aromatic N) is 4. The second-order valence-electron chi connectivity index (χ2n) is 8.12. The van der Waals surface area contributed by atoms with Crippen molar-refractivity contribution in [3.05, 3.63) is 68.7 Å². The standard InChI is InChI=1S/C25H29Cl2N5O2/c1-4-19-23(25(33)32(5-2)24(30-19)17-11-10-16(26)13-18(17)27)29-20-14-31(15-21(20)34-6-3)22-9-7-8-12-28-22/h7-13,20-21,29H,4-6,14-15H2,1-3H3/t20-,21-/m1/s1. The quantitative estimate of drug-likeness (QED) is 0.473. The van der Waals surface area contributed by atoms with Crippen LogP contribution in [-0.2, 0) is 17.7 Å². The lowest BCUT2D eigenvalue weighted by Gasteiger charge is -2.23. The Morgan fingerprint density at radius 3 is 2.62 bits per heavy atom. The first-order chi connectivity index (χ1) is 16.5. The Bertz CT molecular complexity index is 1200. The molecule has 3 aromatic rings. The predicted molar refractivity (Wildman–Crippen MR) is 138 cm³/mol. The molecule has 0 saturated carbocycles. The molecule has 0 amide bonds. The van der Waals surface area contributed by atoms with Gasteiger partial charge in [0.15, 0.2) is 0 Å². The van der Waals surface area contributed by atoms with E-state index < -0.39 is 0 Å². The zero-order chi connectivity index (χ0) is 24.2. The van der Waals surface area contributed by atoms with E-state index in [0.717, 1.165) is 5.82 Å². The first-order valence-electron chi connectivity index (χ1n) is 11.6. The molecule has 9 heteroatoms. The largest absolute Gasteiger partial charge is 0.374 e. The van der Waals surface area contributed by atoms with Gasteiger partial charge in [-0.2, -0.15) is 0 Å². The Morgan fingerprint density at radius 2 is 1.97 bits per heavy atom. The fraction of sp³-hybridized carbons (Fsp3) is 0.400. The van der Waals surface area contributed by atoms with Crippen LogP contribution in [-0.4, -0.2) is 46.4 Å². The average Bonchev–Trinajstić information content (AvgIpc) is 3.23. The van der Waals surface area contributed by atoms with Gasteiger partial charge < -0.3 is 15.0 Å². The second-order valence-corrected chi connectivity index (χ2v) is 8.97. The van der Waals surface area contributed by atoms with Crippen molar-refractivity contribution in [2.24, 2.45) is 0 Å². The van der Waals surface area contributed by atoms with Gasteiger partial charge in [-0.25, -0.2) is 9.97 Å². The van der Waals surface area contributed by atoms with Crippen molar-refractivity contribution >= 4 is 34.7 Å². The zero-order valence-electron chi connectivity index (χ0n) is 19.6. The highest BCUT2D eigenvalue weighted by atomic mass is 35.5. The number of benzene rings is 1. The lowest BCUT2D eigenvalue weighted by Crippen LogP contribution is -2.38. The number of halogens is 2. The van der Waals surface area contributed by atoms with Crippen LogP contribution in [0.1, 0.15) is 26.5 Å². The summed E-state index contributed by atoms with van der Waals surface area (Å²) >= 11 is 12.5. The molecule has 2 aromatic heterocycles. The molecule has 34 heavy (non-hydrogen) atoms. The molecule has 0 spiro atoms. The van der Waals surface area contributed by atoms with Crippen molar-refractivity contribution < 1.29 is 4.74 Å². The minimum atomic E-state index is -0.123. The highest BCUT2D eigenvalue weighted by molar-refractivity contribution is 6.36. The minimum Gasteiger partial charge on any atom is -0.374 e. The lowest BCUT2D eigenvalue weighted by molar-refractivity contribution is 0.0719. The molecule has 4 rings (SSSR count). The molecule has 0 aliphatic carbocycles. The second kappa shape index (κ2) is 10.8. The molecule has 1 aliphatic rings. The van der Waals surface area contributed by atoms with Crippen molar-refractivity contribution in [2.45, 2.75) is 45.9 Å². The molecule has 7 nitrogen and oxygen atoms in total. The van der Waals surface area contributed by atoms with Gasteiger partial charge >= 0.3 is 0 Å². The number of ether oxygens (including phenoxy) is 1. The summed E-state index contributed by atoms with van der Waals surface area (Å²) in [6.07, 6.45) is 2.29. The van der Waals surface area contributed by atoms with E-state index >= 15 is 0 Å². The van der Waals surface area contributed by atoms with E-state index in [2.05, 4.69) is 15.2 Å². The SMILES string of the molecule is CCO[C@@H]1CN(c2ccccn2)C[C@H]1Nc1c(CC)nc(-c2ccc(Cl)cc2Cl)n(CC)c1=O. The number of hydrogen-bond acceptors (Lipinski definition) is 6. The number of anilines is 2. The van der Waals surface area contributed by atoms with Crippen LogP contribution in [0.3, 0.4) is 0 Å². The maximum absolute atomic E-state index is 13.7. The highest BCUT2D eigenvalue weighted by Crippen LogP contribution is 2.30. The Hall–Kier alpha value is -2.61. The van der Waals surface area contributed by atoms with Crippen LogP contribution in [0.25, 0.3) is 11.4 Å². The van der Waals surface area contributed by atoms with Crippen LogP contribution in [0.4, 0.5) is 11.5 Å².